The van der Waals surface area contributed by atoms with Gasteiger partial charge in [-0.3, -0.25) is 4.98 Å². The second kappa shape index (κ2) is 4.48. The molecule has 0 saturated carbocycles. The van der Waals surface area contributed by atoms with E-state index >= 15 is 0 Å². The van der Waals surface area contributed by atoms with Gasteiger partial charge < -0.3 is 5.11 Å². The van der Waals surface area contributed by atoms with E-state index in [2.05, 4.69) is 4.98 Å². The largest absolute Gasteiger partial charge is 0.392 e. The summed E-state index contributed by atoms with van der Waals surface area (Å²) in [6.45, 7) is -0.435. The van der Waals surface area contributed by atoms with Crippen LogP contribution in [0.1, 0.15) is 23.4 Å². The van der Waals surface area contributed by atoms with Crippen LogP contribution < -0.4 is 0 Å². The Labute approximate surface area is 79.2 Å². The van der Waals surface area contributed by atoms with Crippen molar-refractivity contribution in [2.24, 2.45) is 0 Å². The molecule has 0 aliphatic rings. The summed E-state index contributed by atoms with van der Waals surface area (Å²) in [6, 6.07) is 2.93. The minimum absolute atomic E-state index is 0.0887. The summed E-state index contributed by atoms with van der Waals surface area (Å²) in [5, 5.41) is 8.72. The molecular weight excluding hydrogens is 200 g/mol. The number of aromatic nitrogens is 1. The maximum Gasteiger partial charge on any atom is 0.280 e. The van der Waals surface area contributed by atoms with Gasteiger partial charge in [0.25, 0.3) is 6.43 Å². The van der Waals surface area contributed by atoms with E-state index in [4.69, 9.17) is 16.7 Å². The minimum Gasteiger partial charge on any atom is -0.392 e. The number of nitrogens with zero attached hydrogens (tertiary/aromatic N) is 1. The van der Waals surface area contributed by atoms with Crippen LogP contribution in [0.15, 0.2) is 12.1 Å². The number of aliphatic hydroxyl groups excluding tert-OH is 1. The van der Waals surface area contributed by atoms with Crippen molar-refractivity contribution < 1.29 is 13.9 Å². The van der Waals surface area contributed by atoms with E-state index in [0.29, 0.717) is 5.69 Å². The van der Waals surface area contributed by atoms with Crippen LogP contribution >= 0.6 is 11.6 Å². The van der Waals surface area contributed by atoms with Gasteiger partial charge in [0, 0.05) is 5.56 Å². The first-order valence-electron chi connectivity index (χ1n) is 3.62. The highest BCUT2D eigenvalue weighted by Gasteiger charge is 2.14. The lowest BCUT2D eigenvalue weighted by Gasteiger charge is -2.06. The Morgan fingerprint density at radius 1 is 1.46 bits per heavy atom. The van der Waals surface area contributed by atoms with Crippen LogP contribution in [0.25, 0.3) is 0 Å². The Balaban J connectivity index is 3.10. The third kappa shape index (κ3) is 2.35. The molecular formula is C8H8ClF2NO. The topological polar surface area (TPSA) is 33.1 Å². The summed E-state index contributed by atoms with van der Waals surface area (Å²) < 4.78 is 24.6. The van der Waals surface area contributed by atoms with Crippen molar-refractivity contribution in [3.05, 3.63) is 29.1 Å². The van der Waals surface area contributed by atoms with Crippen molar-refractivity contribution in [2.75, 3.05) is 0 Å². The molecule has 1 aromatic heterocycles. The molecule has 0 aliphatic carbocycles. The minimum atomic E-state index is -2.68. The quantitative estimate of drug-likeness (QED) is 0.772. The molecule has 72 valence electrons. The number of rotatable bonds is 3. The predicted octanol–water partition coefficient (Wildman–Crippen LogP) is 2.25. The Morgan fingerprint density at radius 2 is 2.15 bits per heavy atom. The Morgan fingerprint density at radius 3 is 2.62 bits per heavy atom. The summed E-state index contributed by atoms with van der Waals surface area (Å²) in [5.41, 5.74) is 0.138. The van der Waals surface area contributed by atoms with E-state index in [1.807, 2.05) is 0 Å². The molecule has 0 radical (unpaired) electrons. The fourth-order valence-electron chi connectivity index (χ4n) is 0.943. The van der Waals surface area contributed by atoms with Crippen LogP contribution in [0.2, 0.25) is 0 Å². The van der Waals surface area contributed by atoms with Gasteiger partial charge in [0.2, 0.25) is 0 Å². The Hall–Kier alpha value is -0.740. The molecule has 13 heavy (non-hydrogen) atoms. The van der Waals surface area contributed by atoms with Crippen LogP contribution in [0.5, 0.6) is 0 Å². The number of pyridine rings is 1. The molecule has 0 aliphatic heterocycles. The highest BCUT2D eigenvalue weighted by molar-refractivity contribution is 6.16. The number of aliphatic hydroxyl groups is 1. The summed E-state index contributed by atoms with van der Waals surface area (Å²) in [5.74, 6) is 0.0887. The van der Waals surface area contributed by atoms with Crippen molar-refractivity contribution in [1.82, 2.24) is 4.98 Å². The maximum atomic E-state index is 12.3. The highest BCUT2D eigenvalue weighted by atomic mass is 35.5. The van der Waals surface area contributed by atoms with E-state index in [1.165, 1.54) is 12.1 Å². The number of hydrogen-bond acceptors (Lipinski definition) is 2. The first kappa shape index (κ1) is 10.3. The number of hydrogen-bond donors (Lipinski definition) is 1. The number of halogens is 3. The molecule has 0 atom stereocenters. The van der Waals surface area contributed by atoms with Gasteiger partial charge in [0.05, 0.1) is 18.2 Å². The first-order valence-corrected chi connectivity index (χ1v) is 4.16. The lowest BCUT2D eigenvalue weighted by atomic mass is 10.2. The molecule has 1 heterocycles. The molecule has 1 aromatic rings. The summed E-state index contributed by atoms with van der Waals surface area (Å²) in [4.78, 5) is 3.62. The second-order valence-electron chi connectivity index (χ2n) is 2.44. The smallest absolute Gasteiger partial charge is 0.280 e. The van der Waals surface area contributed by atoms with Gasteiger partial charge in [-0.05, 0) is 6.07 Å². The van der Waals surface area contributed by atoms with Gasteiger partial charge in [-0.1, -0.05) is 6.07 Å². The van der Waals surface area contributed by atoms with Crippen molar-refractivity contribution in [1.29, 1.82) is 0 Å². The van der Waals surface area contributed by atoms with E-state index in [-0.39, 0.29) is 17.1 Å². The van der Waals surface area contributed by atoms with Crippen LogP contribution in [-0.2, 0) is 12.5 Å². The molecule has 0 spiro atoms. The zero-order valence-electron chi connectivity index (χ0n) is 6.67. The van der Waals surface area contributed by atoms with Gasteiger partial charge in [-0.25, -0.2) is 8.78 Å². The maximum absolute atomic E-state index is 12.3. The predicted molar refractivity (Wildman–Crippen MR) is 44.7 cm³/mol. The third-order valence-corrected chi connectivity index (χ3v) is 1.86. The molecule has 0 aromatic carbocycles. The van der Waals surface area contributed by atoms with E-state index in [0.717, 1.165) is 0 Å². The molecule has 0 amide bonds. The van der Waals surface area contributed by atoms with Crippen LogP contribution in [-0.4, -0.2) is 10.1 Å². The molecule has 1 N–H and O–H groups in total. The fraction of sp³-hybridized carbons (Fsp3) is 0.375. The zero-order valence-corrected chi connectivity index (χ0v) is 7.43. The van der Waals surface area contributed by atoms with Crippen molar-refractivity contribution in [3.8, 4) is 0 Å². The van der Waals surface area contributed by atoms with Crippen molar-refractivity contribution in [3.63, 3.8) is 0 Å². The van der Waals surface area contributed by atoms with Gasteiger partial charge in [-0.15, -0.1) is 11.6 Å². The Bertz CT molecular complexity index is 293. The molecule has 0 saturated heterocycles. The van der Waals surface area contributed by atoms with E-state index in [1.54, 1.807) is 0 Å². The lowest BCUT2D eigenvalue weighted by Crippen LogP contribution is -2.00. The molecule has 0 bridgehead atoms. The SMILES string of the molecule is OCc1ccc(CCl)nc1C(F)F. The molecule has 0 unspecified atom stereocenters. The van der Waals surface area contributed by atoms with Crippen molar-refractivity contribution >= 4 is 11.6 Å². The average molecular weight is 208 g/mol. The van der Waals surface area contributed by atoms with Crippen LogP contribution in [0.3, 0.4) is 0 Å². The van der Waals surface area contributed by atoms with E-state index in [9.17, 15) is 8.78 Å². The lowest BCUT2D eigenvalue weighted by molar-refractivity contribution is 0.141. The normalized spacial score (nSPS) is 10.8. The third-order valence-electron chi connectivity index (χ3n) is 1.58. The van der Waals surface area contributed by atoms with Crippen LogP contribution in [0, 0.1) is 0 Å². The summed E-state index contributed by atoms with van der Waals surface area (Å²) in [6.07, 6.45) is -2.68. The summed E-state index contributed by atoms with van der Waals surface area (Å²) in [7, 11) is 0. The van der Waals surface area contributed by atoms with Crippen molar-refractivity contribution in [2.45, 2.75) is 18.9 Å². The van der Waals surface area contributed by atoms with Gasteiger partial charge in [0.15, 0.2) is 0 Å². The Kier molecular flexibility index (Phi) is 3.57. The number of alkyl halides is 3. The fourth-order valence-corrected chi connectivity index (χ4v) is 1.09. The molecule has 2 nitrogen and oxygen atoms in total. The highest BCUT2D eigenvalue weighted by Crippen LogP contribution is 2.21. The summed E-state index contributed by atoms with van der Waals surface area (Å²) >= 11 is 5.43. The molecule has 0 fully saturated rings. The zero-order chi connectivity index (χ0) is 9.84. The standard InChI is InChI=1S/C8H8ClF2NO/c9-3-6-2-1-5(4-13)7(12-6)8(10)11/h1-2,8,13H,3-4H2. The second-order valence-corrected chi connectivity index (χ2v) is 2.71. The van der Waals surface area contributed by atoms with E-state index < -0.39 is 13.0 Å². The average Bonchev–Trinajstić information content (AvgIpc) is 2.16. The van der Waals surface area contributed by atoms with Gasteiger partial charge in [-0.2, -0.15) is 0 Å². The van der Waals surface area contributed by atoms with Gasteiger partial charge in [0.1, 0.15) is 5.69 Å². The van der Waals surface area contributed by atoms with Crippen LogP contribution in [0.4, 0.5) is 8.78 Å². The first-order chi connectivity index (χ1) is 6.19. The molecule has 1 rings (SSSR count). The molecule has 5 heteroatoms. The van der Waals surface area contributed by atoms with Gasteiger partial charge >= 0.3 is 0 Å². The monoisotopic (exact) mass is 207 g/mol.